The molecule has 0 radical (unpaired) electrons. The van der Waals surface area contributed by atoms with Gasteiger partial charge in [0.15, 0.2) is 0 Å². The van der Waals surface area contributed by atoms with E-state index in [2.05, 4.69) is 22.1 Å². The van der Waals surface area contributed by atoms with Gasteiger partial charge >= 0.3 is 0 Å². The van der Waals surface area contributed by atoms with Crippen molar-refractivity contribution < 1.29 is 9.59 Å². The first-order chi connectivity index (χ1) is 13.6. The standard InChI is InChI=1S/C22H24N2O2S2/c1-16(22(26)23-11-13-27-15-19-9-5-12-28-19)24-21(25)14-18-8-4-7-17-6-2-3-10-20(17)18/h2-10,12,16H,11,13-15H2,1H3,(H,23,26)(H,24,25)/t16-/m0/s1. The van der Waals surface area contributed by atoms with Crippen LogP contribution in [0, 0.1) is 0 Å². The molecule has 0 spiro atoms. The van der Waals surface area contributed by atoms with E-state index in [1.807, 2.05) is 48.5 Å². The summed E-state index contributed by atoms with van der Waals surface area (Å²) in [5.74, 6) is 1.51. The minimum Gasteiger partial charge on any atom is -0.353 e. The van der Waals surface area contributed by atoms with E-state index >= 15 is 0 Å². The molecule has 1 aromatic heterocycles. The molecule has 2 amide bonds. The van der Waals surface area contributed by atoms with Crippen LogP contribution in [0.2, 0.25) is 0 Å². The average molecular weight is 413 g/mol. The average Bonchev–Trinajstić information content (AvgIpc) is 3.21. The Labute approximate surface area is 173 Å². The van der Waals surface area contributed by atoms with Crippen LogP contribution in [0.25, 0.3) is 10.8 Å². The van der Waals surface area contributed by atoms with Gasteiger partial charge in [0.05, 0.1) is 6.42 Å². The number of carbonyl (C=O) groups is 2. The molecule has 2 N–H and O–H groups in total. The van der Waals surface area contributed by atoms with Gasteiger partial charge in [-0.3, -0.25) is 9.59 Å². The van der Waals surface area contributed by atoms with Crippen molar-refractivity contribution in [3.63, 3.8) is 0 Å². The molecule has 0 aliphatic carbocycles. The van der Waals surface area contributed by atoms with Gasteiger partial charge in [-0.2, -0.15) is 11.8 Å². The van der Waals surface area contributed by atoms with Gasteiger partial charge in [-0.25, -0.2) is 0 Å². The van der Waals surface area contributed by atoms with Crippen molar-refractivity contribution in [2.75, 3.05) is 12.3 Å². The summed E-state index contributed by atoms with van der Waals surface area (Å²) in [5.41, 5.74) is 0.966. The Balaban J connectivity index is 1.41. The third kappa shape index (κ3) is 5.84. The third-order valence-electron chi connectivity index (χ3n) is 4.37. The maximum absolute atomic E-state index is 12.4. The topological polar surface area (TPSA) is 58.2 Å². The number of carbonyl (C=O) groups excluding carboxylic acids is 2. The van der Waals surface area contributed by atoms with Gasteiger partial charge in [0.1, 0.15) is 6.04 Å². The molecular formula is C22H24N2O2S2. The number of amides is 2. The summed E-state index contributed by atoms with van der Waals surface area (Å²) in [6, 6.07) is 17.5. The molecule has 0 unspecified atom stereocenters. The van der Waals surface area contributed by atoms with Crippen LogP contribution in [-0.2, 0) is 21.8 Å². The molecule has 0 saturated carbocycles. The first-order valence-corrected chi connectivity index (χ1v) is 11.3. The van der Waals surface area contributed by atoms with Crippen LogP contribution >= 0.6 is 23.1 Å². The maximum Gasteiger partial charge on any atom is 0.242 e. The molecule has 4 nitrogen and oxygen atoms in total. The lowest BCUT2D eigenvalue weighted by Crippen LogP contribution is -2.45. The summed E-state index contributed by atoms with van der Waals surface area (Å²) < 4.78 is 0. The smallest absolute Gasteiger partial charge is 0.242 e. The van der Waals surface area contributed by atoms with Gasteiger partial charge in [-0.15, -0.1) is 11.3 Å². The molecule has 0 aliphatic heterocycles. The summed E-state index contributed by atoms with van der Waals surface area (Å²) >= 11 is 3.53. The number of rotatable bonds is 9. The summed E-state index contributed by atoms with van der Waals surface area (Å²) in [7, 11) is 0. The molecule has 28 heavy (non-hydrogen) atoms. The SMILES string of the molecule is C[C@H](NC(=O)Cc1cccc2ccccc12)C(=O)NCCSCc1cccs1. The Bertz CT molecular complexity index is 920. The van der Waals surface area contributed by atoms with Crippen molar-refractivity contribution >= 4 is 45.7 Å². The fourth-order valence-corrected chi connectivity index (χ4v) is 4.64. The van der Waals surface area contributed by atoms with Crippen LogP contribution in [0.4, 0.5) is 0 Å². The predicted octanol–water partition coefficient (Wildman–Crippen LogP) is 4.00. The van der Waals surface area contributed by atoms with Gasteiger partial charge in [-0.1, -0.05) is 48.5 Å². The van der Waals surface area contributed by atoms with Crippen LogP contribution < -0.4 is 10.6 Å². The fourth-order valence-electron chi connectivity index (χ4n) is 2.94. The fraction of sp³-hybridized carbons (Fsp3) is 0.273. The molecule has 3 aromatic rings. The lowest BCUT2D eigenvalue weighted by molar-refractivity contribution is -0.128. The summed E-state index contributed by atoms with van der Waals surface area (Å²) in [6.07, 6.45) is 0.260. The highest BCUT2D eigenvalue weighted by Gasteiger charge is 2.16. The quantitative estimate of drug-likeness (QED) is 0.522. The highest BCUT2D eigenvalue weighted by molar-refractivity contribution is 7.98. The van der Waals surface area contributed by atoms with Crippen molar-refractivity contribution in [3.05, 3.63) is 70.4 Å². The third-order valence-corrected chi connectivity index (χ3v) is 6.44. The number of hydrogen-bond donors (Lipinski definition) is 2. The van der Waals surface area contributed by atoms with Crippen molar-refractivity contribution in [2.45, 2.75) is 25.1 Å². The van der Waals surface area contributed by atoms with E-state index in [4.69, 9.17) is 0 Å². The van der Waals surface area contributed by atoms with Crippen LogP contribution in [0.1, 0.15) is 17.4 Å². The second kappa shape index (κ2) is 10.3. The highest BCUT2D eigenvalue weighted by atomic mass is 32.2. The number of benzene rings is 2. The first kappa shape index (κ1) is 20.4. The Kier molecular flexibility index (Phi) is 7.51. The van der Waals surface area contributed by atoms with Gasteiger partial charge in [0, 0.05) is 22.9 Å². The number of nitrogens with one attached hydrogen (secondary N) is 2. The van der Waals surface area contributed by atoms with Gasteiger partial charge in [0.25, 0.3) is 0 Å². The zero-order valence-corrected chi connectivity index (χ0v) is 17.4. The lowest BCUT2D eigenvalue weighted by Gasteiger charge is -2.14. The van der Waals surface area contributed by atoms with Crippen molar-refractivity contribution in [1.29, 1.82) is 0 Å². The Morgan fingerprint density at radius 3 is 2.71 bits per heavy atom. The van der Waals surface area contributed by atoms with E-state index in [0.29, 0.717) is 6.54 Å². The minimum absolute atomic E-state index is 0.147. The maximum atomic E-state index is 12.4. The lowest BCUT2D eigenvalue weighted by atomic mass is 10.0. The second-order valence-corrected chi connectivity index (χ2v) is 8.66. The molecule has 146 valence electrons. The Morgan fingerprint density at radius 2 is 1.89 bits per heavy atom. The largest absolute Gasteiger partial charge is 0.353 e. The van der Waals surface area contributed by atoms with Crippen molar-refractivity contribution in [1.82, 2.24) is 10.6 Å². The molecule has 0 saturated heterocycles. The van der Waals surface area contributed by atoms with Crippen molar-refractivity contribution in [3.8, 4) is 0 Å². The van der Waals surface area contributed by atoms with Crippen LogP contribution in [0.5, 0.6) is 0 Å². The van der Waals surface area contributed by atoms with Crippen molar-refractivity contribution in [2.24, 2.45) is 0 Å². The number of thiophene rings is 1. The van der Waals surface area contributed by atoms with Crippen LogP contribution in [-0.4, -0.2) is 30.2 Å². The summed E-state index contributed by atoms with van der Waals surface area (Å²) in [5, 5.41) is 9.94. The molecule has 3 rings (SSSR count). The summed E-state index contributed by atoms with van der Waals surface area (Å²) in [4.78, 5) is 25.9. The number of thioether (sulfide) groups is 1. The highest BCUT2D eigenvalue weighted by Crippen LogP contribution is 2.19. The van der Waals surface area contributed by atoms with Crippen LogP contribution in [0.3, 0.4) is 0 Å². The number of fused-ring (bicyclic) bond motifs is 1. The molecular weight excluding hydrogens is 388 g/mol. The second-order valence-electron chi connectivity index (χ2n) is 6.53. The molecule has 0 bridgehead atoms. The van der Waals surface area contributed by atoms with E-state index in [-0.39, 0.29) is 18.2 Å². The number of hydrogen-bond acceptors (Lipinski definition) is 4. The van der Waals surface area contributed by atoms with E-state index in [1.54, 1.807) is 30.0 Å². The van der Waals surface area contributed by atoms with Gasteiger partial charge in [-0.05, 0) is 34.7 Å². The monoisotopic (exact) mass is 412 g/mol. The summed E-state index contributed by atoms with van der Waals surface area (Å²) in [6.45, 7) is 2.31. The molecule has 2 aromatic carbocycles. The van der Waals surface area contributed by atoms with E-state index in [1.165, 1.54) is 4.88 Å². The van der Waals surface area contributed by atoms with Gasteiger partial charge in [0.2, 0.25) is 11.8 Å². The van der Waals surface area contributed by atoms with E-state index in [9.17, 15) is 9.59 Å². The molecule has 1 atom stereocenters. The molecule has 0 fully saturated rings. The molecule has 1 heterocycles. The Morgan fingerprint density at radius 1 is 1.07 bits per heavy atom. The predicted molar refractivity (Wildman–Crippen MR) is 119 cm³/mol. The zero-order valence-electron chi connectivity index (χ0n) is 15.8. The van der Waals surface area contributed by atoms with E-state index in [0.717, 1.165) is 27.8 Å². The van der Waals surface area contributed by atoms with Gasteiger partial charge < -0.3 is 10.6 Å². The normalized spacial score (nSPS) is 11.9. The first-order valence-electron chi connectivity index (χ1n) is 9.27. The van der Waals surface area contributed by atoms with E-state index < -0.39 is 6.04 Å². The van der Waals surface area contributed by atoms with Crippen LogP contribution in [0.15, 0.2) is 60.0 Å². The molecule has 6 heteroatoms. The minimum atomic E-state index is -0.551. The zero-order chi connectivity index (χ0) is 19.8. The Hall–Kier alpha value is -2.31. The molecule has 0 aliphatic rings.